The number of hydrogen-bond acceptors (Lipinski definition) is 5. The molecule has 1 amide bonds. The van der Waals surface area contributed by atoms with E-state index in [1.807, 2.05) is 17.0 Å². The molecule has 4 aliphatic rings. The van der Waals surface area contributed by atoms with Gasteiger partial charge >= 0.3 is 12.1 Å². The number of carbonyl (C=O) groups excluding carboxylic acids is 2. The number of carbonyl (C=O) groups is 2. The first kappa shape index (κ1) is 22.0. The van der Waals surface area contributed by atoms with Crippen LogP contribution in [-0.4, -0.2) is 61.8 Å². The summed E-state index contributed by atoms with van der Waals surface area (Å²) >= 11 is 0. The summed E-state index contributed by atoms with van der Waals surface area (Å²) in [6.45, 7) is 6.46. The van der Waals surface area contributed by atoms with Crippen molar-refractivity contribution in [2.45, 2.75) is 38.6 Å². The van der Waals surface area contributed by atoms with Gasteiger partial charge in [0.05, 0.1) is 25.3 Å². The second kappa shape index (κ2) is 8.82. The largest absolute Gasteiger partial charge is 0.465 e. The van der Waals surface area contributed by atoms with Gasteiger partial charge < -0.3 is 14.4 Å². The smallest absolute Gasteiger partial charge is 0.410 e. The van der Waals surface area contributed by atoms with E-state index in [2.05, 4.69) is 36.1 Å². The lowest BCUT2D eigenvalue weighted by molar-refractivity contribution is -0.0300. The summed E-state index contributed by atoms with van der Waals surface area (Å²) < 4.78 is 10.9. The van der Waals surface area contributed by atoms with E-state index in [0.29, 0.717) is 25.1 Å². The minimum atomic E-state index is -0.343. The molecule has 0 aliphatic carbocycles. The number of aryl methyl sites for hydroxylation is 1. The third-order valence-electron chi connectivity index (χ3n) is 7.80. The fraction of sp³-hybridized carbons (Fsp3) is 0.481. The van der Waals surface area contributed by atoms with Crippen molar-refractivity contribution in [3.8, 4) is 0 Å². The number of amides is 1. The van der Waals surface area contributed by atoms with Crippen molar-refractivity contribution in [2.75, 3.05) is 39.9 Å². The summed E-state index contributed by atoms with van der Waals surface area (Å²) in [6, 6.07) is 13.7. The lowest BCUT2D eigenvalue weighted by Gasteiger charge is -2.48. The molecule has 174 valence electrons. The van der Waals surface area contributed by atoms with Crippen molar-refractivity contribution in [2.24, 2.45) is 5.41 Å². The number of fused-ring (bicyclic) bond motifs is 4. The van der Waals surface area contributed by atoms with Crippen LogP contribution in [0.2, 0.25) is 0 Å². The topological polar surface area (TPSA) is 59.1 Å². The fourth-order valence-electron chi connectivity index (χ4n) is 5.59. The van der Waals surface area contributed by atoms with E-state index in [9.17, 15) is 9.59 Å². The summed E-state index contributed by atoms with van der Waals surface area (Å²) in [6.07, 6.45) is 3.77. The normalized spacial score (nSPS) is 25.9. The number of esters is 1. The Labute approximate surface area is 195 Å². The highest BCUT2D eigenvalue weighted by molar-refractivity contribution is 5.89. The number of methoxy groups -OCH3 is 1. The average Bonchev–Trinajstić information content (AvgIpc) is 2.87. The predicted octanol–water partition coefficient (Wildman–Crippen LogP) is 4.35. The molecule has 0 radical (unpaired) electrons. The highest BCUT2D eigenvalue weighted by Gasteiger charge is 2.41. The number of rotatable bonds is 4. The Morgan fingerprint density at radius 2 is 1.70 bits per heavy atom. The van der Waals surface area contributed by atoms with Gasteiger partial charge in [-0.05, 0) is 81.1 Å². The van der Waals surface area contributed by atoms with E-state index in [-0.39, 0.29) is 23.5 Å². The number of hydrogen-bond donors (Lipinski definition) is 0. The standard InChI is InChI=1S/C27H32N2O4/c1-19-3-5-20(6-4-19)24-23-8-7-22(25(30)32-2)17-21(23)9-13-29(24)26(31)33-18-27-10-14-28(15-11-27)16-12-27/h3-8,17,24H,9-16,18H2,1-2H3/t24-/m1/s1. The predicted molar refractivity (Wildman–Crippen MR) is 125 cm³/mol. The number of ether oxygens (including phenoxy) is 2. The van der Waals surface area contributed by atoms with Gasteiger partial charge in [-0.3, -0.25) is 4.90 Å². The van der Waals surface area contributed by atoms with Gasteiger partial charge in [-0.2, -0.15) is 0 Å². The molecule has 1 atom stereocenters. The molecule has 6 rings (SSSR count). The maximum Gasteiger partial charge on any atom is 0.410 e. The molecule has 33 heavy (non-hydrogen) atoms. The van der Waals surface area contributed by atoms with Gasteiger partial charge in [-0.25, -0.2) is 9.59 Å². The maximum atomic E-state index is 13.4. The van der Waals surface area contributed by atoms with Gasteiger partial charge in [-0.15, -0.1) is 0 Å². The van der Waals surface area contributed by atoms with Crippen molar-refractivity contribution < 1.29 is 19.1 Å². The van der Waals surface area contributed by atoms with E-state index in [0.717, 1.165) is 55.6 Å². The zero-order chi connectivity index (χ0) is 23.0. The zero-order valence-corrected chi connectivity index (χ0v) is 19.5. The zero-order valence-electron chi connectivity index (χ0n) is 19.5. The molecular weight excluding hydrogens is 416 g/mol. The Hall–Kier alpha value is -2.86. The molecule has 3 saturated heterocycles. The minimum Gasteiger partial charge on any atom is -0.465 e. The Balaban J connectivity index is 1.41. The first-order valence-corrected chi connectivity index (χ1v) is 11.9. The molecule has 4 aliphatic heterocycles. The Kier molecular flexibility index (Phi) is 5.87. The van der Waals surface area contributed by atoms with Gasteiger partial charge in [0, 0.05) is 12.0 Å². The summed E-state index contributed by atoms with van der Waals surface area (Å²) in [5, 5.41) is 0. The van der Waals surface area contributed by atoms with Gasteiger partial charge in [-0.1, -0.05) is 35.9 Å². The summed E-state index contributed by atoms with van der Waals surface area (Å²) in [5.74, 6) is -0.343. The first-order valence-electron chi connectivity index (χ1n) is 11.9. The van der Waals surface area contributed by atoms with E-state index in [4.69, 9.17) is 9.47 Å². The SMILES string of the molecule is COC(=O)c1ccc2c(c1)CCN(C(=O)OCC13CCN(CC1)CC3)[C@@H]2c1ccc(C)cc1. The van der Waals surface area contributed by atoms with Crippen molar-refractivity contribution >= 4 is 12.1 Å². The molecule has 3 fully saturated rings. The fourth-order valence-corrected chi connectivity index (χ4v) is 5.59. The van der Waals surface area contributed by atoms with Gasteiger partial charge in [0.2, 0.25) is 0 Å². The van der Waals surface area contributed by atoms with Gasteiger partial charge in [0.25, 0.3) is 0 Å². The second-order valence-corrected chi connectivity index (χ2v) is 9.81. The van der Waals surface area contributed by atoms with Gasteiger partial charge in [0.15, 0.2) is 0 Å². The second-order valence-electron chi connectivity index (χ2n) is 9.81. The molecule has 0 N–H and O–H groups in total. The average molecular weight is 449 g/mol. The molecule has 2 aromatic rings. The molecule has 6 heteroatoms. The van der Waals surface area contributed by atoms with Crippen LogP contribution in [0, 0.1) is 12.3 Å². The maximum absolute atomic E-state index is 13.4. The number of piperidine rings is 3. The van der Waals surface area contributed by atoms with Crippen molar-refractivity contribution in [3.05, 3.63) is 70.3 Å². The van der Waals surface area contributed by atoms with Crippen molar-refractivity contribution in [1.82, 2.24) is 9.80 Å². The van der Waals surface area contributed by atoms with Gasteiger partial charge in [0.1, 0.15) is 0 Å². The lowest BCUT2D eigenvalue weighted by atomic mass is 9.73. The summed E-state index contributed by atoms with van der Waals surface area (Å²) in [5.41, 5.74) is 5.02. The summed E-state index contributed by atoms with van der Waals surface area (Å²) in [4.78, 5) is 29.8. The Morgan fingerprint density at radius 3 is 2.36 bits per heavy atom. The van der Waals surface area contributed by atoms with E-state index in [1.54, 1.807) is 6.07 Å². The molecule has 2 bridgehead atoms. The Bertz CT molecular complexity index is 1030. The molecule has 6 nitrogen and oxygen atoms in total. The van der Waals surface area contributed by atoms with Crippen LogP contribution in [0.5, 0.6) is 0 Å². The van der Waals surface area contributed by atoms with Crippen LogP contribution in [0.15, 0.2) is 42.5 Å². The molecule has 0 saturated carbocycles. The highest BCUT2D eigenvalue weighted by atomic mass is 16.6. The van der Waals surface area contributed by atoms with E-state index < -0.39 is 0 Å². The van der Waals surface area contributed by atoms with Crippen molar-refractivity contribution in [1.29, 1.82) is 0 Å². The first-order chi connectivity index (χ1) is 16.0. The molecule has 0 aromatic heterocycles. The third-order valence-corrected chi connectivity index (χ3v) is 7.80. The van der Waals surface area contributed by atoms with Crippen LogP contribution in [-0.2, 0) is 15.9 Å². The van der Waals surface area contributed by atoms with Crippen molar-refractivity contribution in [3.63, 3.8) is 0 Å². The number of nitrogens with zero attached hydrogens (tertiary/aromatic N) is 2. The highest BCUT2D eigenvalue weighted by Crippen LogP contribution is 2.41. The number of benzene rings is 2. The molecular formula is C27H32N2O4. The summed E-state index contributed by atoms with van der Waals surface area (Å²) in [7, 11) is 1.39. The third kappa shape index (κ3) is 4.24. The monoisotopic (exact) mass is 448 g/mol. The lowest BCUT2D eigenvalue weighted by Crippen LogP contribution is -2.51. The van der Waals surface area contributed by atoms with Crippen LogP contribution in [0.4, 0.5) is 4.79 Å². The van der Waals surface area contributed by atoms with Crippen LogP contribution < -0.4 is 0 Å². The van der Waals surface area contributed by atoms with E-state index in [1.165, 1.54) is 12.7 Å². The van der Waals surface area contributed by atoms with E-state index >= 15 is 0 Å². The van der Waals surface area contributed by atoms with Crippen LogP contribution in [0.1, 0.15) is 57.9 Å². The molecule has 2 aromatic carbocycles. The van der Waals surface area contributed by atoms with Crippen LogP contribution in [0.25, 0.3) is 0 Å². The molecule has 4 heterocycles. The van der Waals surface area contributed by atoms with Crippen LogP contribution in [0.3, 0.4) is 0 Å². The molecule has 0 spiro atoms. The van der Waals surface area contributed by atoms with Crippen LogP contribution >= 0.6 is 0 Å². The quantitative estimate of drug-likeness (QED) is 0.651. The minimum absolute atomic E-state index is 0.146. The Morgan fingerprint density at radius 1 is 1.00 bits per heavy atom. The molecule has 0 unspecified atom stereocenters.